The Hall–Kier alpha value is -1.40. The van der Waals surface area contributed by atoms with Crippen molar-refractivity contribution in [3.05, 3.63) is 18.2 Å². The zero-order chi connectivity index (χ0) is 17.3. The molecule has 1 spiro atoms. The van der Waals surface area contributed by atoms with Crippen molar-refractivity contribution in [2.75, 3.05) is 19.7 Å². The van der Waals surface area contributed by atoms with Gasteiger partial charge in [0.25, 0.3) is 0 Å². The number of rotatable bonds is 5. The van der Waals surface area contributed by atoms with E-state index in [1.165, 1.54) is 19.3 Å². The van der Waals surface area contributed by atoms with E-state index in [-0.39, 0.29) is 12.0 Å². The van der Waals surface area contributed by atoms with Crippen LogP contribution in [-0.2, 0) is 23.1 Å². The lowest BCUT2D eigenvalue weighted by Crippen LogP contribution is -2.41. The highest BCUT2D eigenvalue weighted by atomic mass is 16.5. The van der Waals surface area contributed by atoms with E-state index >= 15 is 0 Å². The average molecular weight is 346 g/mol. The number of amides is 1. The van der Waals surface area contributed by atoms with Gasteiger partial charge in [0.2, 0.25) is 5.91 Å². The number of imidazole rings is 1. The smallest absolute Gasteiger partial charge is 0.225 e. The Morgan fingerprint density at radius 3 is 2.96 bits per heavy atom. The van der Waals surface area contributed by atoms with Crippen LogP contribution in [0, 0.1) is 5.41 Å². The Bertz CT molecular complexity index is 602. The van der Waals surface area contributed by atoms with Crippen LogP contribution in [0.4, 0.5) is 0 Å². The van der Waals surface area contributed by atoms with E-state index in [1.807, 2.05) is 24.0 Å². The fourth-order valence-corrected chi connectivity index (χ4v) is 4.58. The number of carbonyl (C=O) groups is 1. The highest BCUT2D eigenvalue weighted by Gasteiger charge is 2.57. The summed E-state index contributed by atoms with van der Waals surface area (Å²) < 4.78 is 7.84. The lowest BCUT2D eigenvalue weighted by Gasteiger charge is -2.31. The highest BCUT2D eigenvalue weighted by molar-refractivity contribution is 5.77. The third-order valence-electron chi connectivity index (χ3n) is 6.35. The lowest BCUT2D eigenvalue weighted by atomic mass is 9.93. The summed E-state index contributed by atoms with van der Waals surface area (Å²) in [4.78, 5) is 19.7. The molecule has 6 nitrogen and oxygen atoms in total. The van der Waals surface area contributed by atoms with Crippen molar-refractivity contribution in [1.29, 1.82) is 0 Å². The molecule has 0 unspecified atom stereocenters. The van der Waals surface area contributed by atoms with E-state index in [9.17, 15) is 4.79 Å². The molecule has 0 radical (unpaired) electrons. The van der Waals surface area contributed by atoms with Gasteiger partial charge in [-0.15, -0.1) is 0 Å². The van der Waals surface area contributed by atoms with Gasteiger partial charge in [-0.1, -0.05) is 0 Å². The number of piperidine rings is 1. The van der Waals surface area contributed by atoms with Crippen LogP contribution in [0.3, 0.4) is 0 Å². The second-order valence-electron chi connectivity index (χ2n) is 8.00. The summed E-state index contributed by atoms with van der Waals surface area (Å²) in [6, 6.07) is 0.377. The quantitative estimate of drug-likeness (QED) is 0.884. The van der Waals surface area contributed by atoms with Gasteiger partial charge in [-0.05, 0) is 57.0 Å². The molecule has 2 atom stereocenters. The largest absolute Gasteiger partial charge is 0.378 e. The second-order valence-corrected chi connectivity index (χ2v) is 8.00. The molecular formula is C19H30N4O2. The summed E-state index contributed by atoms with van der Waals surface area (Å²) in [5, 5.41) is 3.45. The van der Waals surface area contributed by atoms with Gasteiger partial charge in [0, 0.05) is 32.1 Å². The number of ether oxygens (including phenoxy) is 1. The number of carbonyl (C=O) groups excluding carboxylic acids is 1. The summed E-state index contributed by atoms with van der Waals surface area (Å²) in [6.45, 7) is 3.57. The van der Waals surface area contributed by atoms with Crippen molar-refractivity contribution in [3.63, 3.8) is 0 Å². The minimum atomic E-state index is 0.104. The van der Waals surface area contributed by atoms with Crippen molar-refractivity contribution < 1.29 is 9.53 Å². The van der Waals surface area contributed by atoms with Crippen molar-refractivity contribution in [2.45, 2.75) is 63.6 Å². The molecule has 3 aliphatic rings. The van der Waals surface area contributed by atoms with Gasteiger partial charge >= 0.3 is 0 Å². The van der Waals surface area contributed by atoms with Gasteiger partial charge in [0.1, 0.15) is 5.82 Å². The van der Waals surface area contributed by atoms with Gasteiger partial charge in [0.05, 0.1) is 19.1 Å². The predicted molar refractivity (Wildman–Crippen MR) is 94.9 cm³/mol. The van der Waals surface area contributed by atoms with Crippen LogP contribution >= 0.6 is 0 Å². The standard InChI is InChI=1S/C19H30N4O2/c1-22-10-9-21-17(22)14-23(16-13-19(16)5-7-20-8-6-19)18(24)12-15-4-2-3-11-25-15/h9-10,15-16,20H,2-8,11-14H2,1H3/t15-,16+/m1/s1. The zero-order valence-electron chi connectivity index (χ0n) is 15.2. The molecule has 2 saturated heterocycles. The topological polar surface area (TPSA) is 59.4 Å². The monoisotopic (exact) mass is 346 g/mol. The molecule has 1 N–H and O–H groups in total. The normalized spacial score (nSPS) is 28.0. The molecule has 1 aromatic rings. The molecule has 2 aliphatic heterocycles. The van der Waals surface area contributed by atoms with E-state index in [1.54, 1.807) is 0 Å². The van der Waals surface area contributed by atoms with Gasteiger partial charge in [-0.2, -0.15) is 0 Å². The maximum atomic E-state index is 13.1. The summed E-state index contributed by atoms with van der Waals surface area (Å²) in [5.41, 5.74) is 0.347. The third-order valence-corrected chi connectivity index (χ3v) is 6.35. The molecule has 1 aliphatic carbocycles. The molecule has 1 amide bonds. The van der Waals surface area contributed by atoms with Crippen molar-refractivity contribution in [1.82, 2.24) is 19.8 Å². The van der Waals surface area contributed by atoms with Crippen LogP contribution in [0.15, 0.2) is 12.4 Å². The van der Waals surface area contributed by atoms with Gasteiger partial charge in [-0.3, -0.25) is 4.79 Å². The molecule has 6 heteroatoms. The minimum absolute atomic E-state index is 0.104. The molecule has 3 fully saturated rings. The van der Waals surface area contributed by atoms with E-state index in [0.29, 0.717) is 24.4 Å². The van der Waals surface area contributed by atoms with Crippen molar-refractivity contribution >= 4 is 5.91 Å². The second kappa shape index (κ2) is 7.08. The number of aromatic nitrogens is 2. The van der Waals surface area contributed by atoms with Crippen molar-refractivity contribution in [3.8, 4) is 0 Å². The first kappa shape index (κ1) is 17.0. The first-order valence-corrected chi connectivity index (χ1v) is 9.76. The molecule has 138 valence electrons. The maximum absolute atomic E-state index is 13.1. The van der Waals surface area contributed by atoms with Gasteiger partial charge in [0.15, 0.2) is 0 Å². The number of nitrogens with zero attached hydrogens (tertiary/aromatic N) is 3. The molecule has 1 saturated carbocycles. The van der Waals surface area contributed by atoms with Gasteiger partial charge in [-0.25, -0.2) is 4.98 Å². The molecule has 3 heterocycles. The zero-order valence-corrected chi connectivity index (χ0v) is 15.2. The first-order valence-electron chi connectivity index (χ1n) is 9.76. The van der Waals surface area contributed by atoms with E-state index in [2.05, 4.69) is 15.2 Å². The molecule has 4 rings (SSSR count). The molecule has 0 aromatic carbocycles. The Morgan fingerprint density at radius 2 is 2.28 bits per heavy atom. The van der Waals surface area contributed by atoms with Crippen LogP contribution in [0.5, 0.6) is 0 Å². The minimum Gasteiger partial charge on any atom is -0.378 e. The summed E-state index contributed by atoms with van der Waals surface area (Å²) in [5.74, 6) is 1.21. The SMILES string of the molecule is Cn1ccnc1CN(C(=O)C[C@H]1CCCCO1)[C@H]1CC12CCNCC2. The Morgan fingerprint density at radius 1 is 1.44 bits per heavy atom. The Kier molecular flexibility index (Phi) is 4.82. The van der Waals surface area contributed by atoms with E-state index < -0.39 is 0 Å². The molecule has 1 aromatic heterocycles. The van der Waals surface area contributed by atoms with Gasteiger partial charge < -0.3 is 19.5 Å². The summed E-state index contributed by atoms with van der Waals surface area (Å²) in [7, 11) is 2.00. The molecule has 0 bridgehead atoms. The van der Waals surface area contributed by atoms with Crippen LogP contribution < -0.4 is 5.32 Å². The number of aryl methyl sites for hydroxylation is 1. The maximum Gasteiger partial charge on any atom is 0.225 e. The number of nitrogens with one attached hydrogen (secondary N) is 1. The van der Waals surface area contributed by atoms with Crippen LogP contribution in [0.2, 0.25) is 0 Å². The van der Waals surface area contributed by atoms with E-state index in [0.717, 1.165) is 44.8 Å². The van der Waals surface area contributed by atoms with Crippen LogP contribution in [0.1, 0.15) is 50.8 Å². The fourth-order valence-electron chi connectivity index (χ4n) is 4.58. The fraction of sp³-hybridized carbons (Fsp3) is 0.789. The number of hydrogen-bond donors (Lipinski definition) is 1. The van der Waals surface area contributed by atoms with Crippen LogP contribution in [-0.4, -0.2) is 52.2 Å². The Labute approximate surface area is 149 Å². The Balaban J connectivity index is 1.47. The van der Waals surface area contributed by atoms with E-state index in [4.69, 9.17) is 4.74 Å². The summed E-state index contributed by atoms with van der Waals surface area (Å²) in [6.07, 6.45) is 11.2. The highest BCUT2D eigenvalue weighted by Crippen LogP contribution is 2.56. The lowest BCUT2D eigenvalue weighted by molar-refractivity contribution is -0.137. The van der Waals surface area contributed by atoms with Crippen molar-refractivity contribution in [2.24, 2.45) is 12.5 Å². The number of hydrogen-bond acceptors (Lipinski definition) is 4. The molecule has 25 heavy (non-hydrogen) atoms. The molecular weight excluding hydrogens is 316 g/mol. The third kappa shape index (κ3) is 3.60. The predicted octanol–water partition coefficient (Wildman–Crippen LogP) is 1.85. The van der Waals surface area contributed by atoms with Crippen LogP contribution in [0.25, 0.3) is 0 Å². The summed E-state index contributed by atoms with van der Waals surface area (Å²) >= 11 is 0. The average Bonchev–Trinajstić information content (AvgIpc) is 3.14. The first-order chi connectivity index (χ1) is 12.2.